The van der Waals surface area contributed by atoms with Gasteiger partial charge in [-0.05, 0) is 49.9 Å². The first-order chi connectivity index (χ1) is 16.0. The second kappa shape index (κ2) is 11.1. The minimum atomic E-state index is -0.127. The number of carbonyl (C=O) groups is 2. The van der Waals surface area contributed by atoms with Crippen LogP contribution in [0.1, 0.15) is 44.2 Å². The third-order valence-electron chi connectivity index (χ3n) is 6.76. The number of nitrogens with zero attached hydrogens (tertiary/aromatic N) is 4. The summed E-state index contributed by atoms with van der Waals surface area (Å²) in [4.78, 5) is 29.9. The fourth-order valence-corrected chi connectivity index (χ4v) is 5.02. The summed E-state index contributed by atoms with van der Waals surface area (Å²) >= 11 is 6.14. The van der Waals surface area contributed by atoms with E-state index in [0.717, 1.165) is 31.6 Å². The Hall–Kier alpha value is -2.54. The summed E-state index contributed by atoms with van der Waals surface area (Å²) in [5, 5.41) is 4.80. The number of carbonyl (C=O) groups excluding carboxylic acids is 2. The molecule has 2 saturated heterocycles. The maximum absolute atomic E-state index is 13.0. The van der Waals surface area contributed by atoms with Gasteiger partial charge in [-0.2, -0.15) is 5.10 Å². The molecule has 3 heterocycles. The number of amides is 2. The third-order valence-corrected chi connectivity index (χ3v) is 7.00. The van der Waals surface area contributed by atoms with Crippen molar-refractivity contribution >= 4 is 23.4 Å². The first-order valence-corrected chi connectivity index (χ1v) is 12.3. The monoisotopic (exact) mass is 472 g/mol. The van der Waals surface area contributed by atoms with E-state index in [1.54, 1.807) is 16.9 Å². The highest BCUT2D eigenvalue weighted by atomic mass is 35.5. The van der Waals surface area contributed by atoms with Crippen LogP contribution in [-0.2, 0) is 23.1 Å². The van der Waals surface area contributed by atoms with Gasteiger partial charge in [0.1, 0.15) is 11.9 Å². The van der Waals surface area contributed by atoms with Gasteiger partial charge in [0.2, 0.25) is 11.8 Å². The van der Waals surface area contributed by atoms with E-state index >= 15 is 0 Å². The van der Waals surface area contributed by atoms with Crippen LogP contribution in [0.3, 0.4) is 0 Å². The Balaban J connectivity index is 1.41. The Labute approximate surface area is 200 Å². The molecule has 2 atom stereocenters. The van der Waals surface area contributed by atoms with Crippen molar-refractivity contribution in [3.8, 4) is 5.75 Å². The van der Waals surface area contributed by atoms with Gasteiger partial charge in [-0.3, -0.25) is 14.3 Å². The lowest BCUT2D eigenvalue weighted by Gasteiger charge is -2.39. The van der Waals surface area contributed by atoms with E-state index < -0.39 is 0 Å². The molecule has 0 saturated carbocycles. The van der Waals surface area contributed by atoms with Gasteiger partial charge in [0.25, 0.3) is 0 Å². The fourth-order valence-electron chi connectivity index (χ4n) is 4.84. The van der Waals surface area contributed by atoms with Crippen molar-refractivity contribution in [3.05, 3.63) is 47.2 Å². The first-order valence-electron chi connectivity index (χ1n) is 11.9. The summed E-state index contributed by atoms with van der Waals surface area (Å²) < 4.78 is 8.10. The van der Waals surface area contributed by atoms with Crippen LogP contribution in [0.15, 0.2) is 36.5 Å². The van der Waals surface area contributed by atoms with Crippen molar-refractivity contribution < 1.29 is 14.3 Å². The van der Waals surface area contributed by atoms with Crippen LogP contribution in [0.25, 0.3) is 0 Å². The molecule has 2 aliphatic rings. The molecule has 2 aliphatic heterocycles. The molecule has 1 aromatic carbocycles. The quantitative estimate of drug-likeness (QED) is 0.616. The molecule has 1 aromatic heterocycles. The van der Waals surface area contributed by atoms with E-state index in [-0.39, 0.29) is 23.8 Å². The topological polar surface area (TPSA) is 67.7 Å². The van der Waals surface area contributed by atoms with Crippen LogP contribution in [0.5, 0.6) is 5.75 Å². The molecule has 0 bridgehead atoms. The zero-order valence-corrected chi connectivity index (χ0v) is 20.0. The standard InChI is InChI=1S/C25H33ClN4O3/c1-28-21(10-12-27-28)8-9-24(31)30-15-11-23(33-22-7-5-6-20(26)17-22)19(18-30)16-25(32)29-13-3-2-4-14-29/h5-7,10,12,17,19,23H,2-4,8-9,11,13-16,18H2,1H3/t19-,23-/m0/s1. The average molecular weight is 473 g/mol. The summed E-state index contributed by atoms with van der Waals surface area (Å²) in [7, 11) is 1.89. The van der Waals surface area contributed by atoms with Crippen LogP contribution in [0.2, 0.25) is 5.02 Å². The predicted molar refractivity (Wildman–Crippen MR) is 127 cm³/mol. The number of piperidine rings is 2. The van der Waals surface area contributed by atoms with E-state index in [4.69, 9.17) is 16.3 Å². The van der Waals surface area contributed by atoms with Crippen molar-refractivity contribution in [2.24, 2.45) is 13.0 Å². The highest BCUT2D eigenvalue weighted by molar-refractivity contribution is 6.30. The number of hydrogen-bond donors (Lipinski definition) is 0. The highest BCUT2D eigenvalue weighted by Crippen LogP contribution is 2.28. The zero-order valence-electron chi connectivity index (χ0n) is 19.3. The van der Waals surface area contributed by atoms with Gasteiger partial charge in [-0.25, -0.2) is 0 Å². The summed E-state index contributed by atoms with van der Waals surface area (Å²) in [5.41, 5.74) is 1.04. The number of rotatable bonds is 7. The second-order valence-corrected chi connectivity index (χ2v) is 9.53. The molecule has 0 spiro atoms. The van der Waals surface area contributed by atoms with Crippen LogP contribution in [0, 0.1) is 5.92 Å². The summed E-state index contributed by atoms with van der Waals surface area (Å²) in [5.74, 6) is 0.947. The Morgan fingerprint density at radius 1 is 1.09 bits per heavy atom. The van der Waals surface area contributed by atoms with Crippen LogP contribution in [-0.4, -0.2) is 63.7 Å². The van der Waals surface area contributed by atoms with Gasteiger partial charge >= 0.3 is 0 Å². The maximum atomic E-state index is 13.0. The molecule has 2 aromatic rings. The normalized spacial score (nSPS) is 21.2. The van der Waals surface area contributed by atoms with E-state index in [2.05, 4.69) is 5.10 Å². The Morgan fingerprint density at radius 3 is 2.64 bits per heavy atom. The Morgan fingerprint density at radius 2 is 1.91 bits per heavy atom. The van der Waals surface area contributed by atoms with Gasteiger partial charge in [0.05, 0.1) is 0 Å². The average Bonchev–Trinajstić information content (AvgIpc) is 3.23. The van der Waals surface area contributed by atoms with E-state index in [1.807, 2.05) is 41.1 Å². The van der Waals surface area contributed by atoms with Gasteiger partial charge in [-0.15, -0.1) is 0 Å². The lowest BCUT2D eigenvalue weighted by Crippen LogP contribution is -2.50. The fraction of sp³-hybridized carbons (Fsp3) is 0.560. The molecule has 0 N–H and O–H groups in total. The van der Waals surface area contributed by atoms with Crippen LogP contribution < -0.4 is 4.74 Å². The lowest BCUT2D eigenvalue weighted by atomic mass is 9.90. The molecule has 0 aliphatic carbocycles. The molecular weight excluding hydrogens is 440 g/mol. The minimum absolute atomic E-state index is 0.0483. The number of aryl methyl sites for hydroxylation is 2. The lowest BCUT2D eigenvalue weighted by molar-refractivity contribution is -0.139. The molecule has 8 heteroatoms. The number of ether oxygens (including phenoxy) is 1. The Bertz CT molecular complexity index is 957. The van der Waals surface area contributed by atoms with Gasteiger partial charge in [-0.1, -0.05) is 17.7 Å². The summed E-state index contributed by atoms with van der Waals surface area (Å²) in [6.45, 7) is 2.83. The number of benzene rings is 1. The number of halogens is 1. The van der Waals surface area contributed by atoms with E-state index in [9.17, 15) is 9.59 Å². The van der Waals surface area contributed by atoms with Crippen molar-refractivity contribution in [2.45, 2.75) is 51.0 Å². The molecular formula is C25H33ClN4O3. The first kappa shape index (κ1) is 23.6. The molecule has 4 rings (SSSR count). The molecule has 0 radical (unpaired) electrons. The molecule has 178 valence electrons. The van der Waals surface area contributed by atoms with E-state index in [0.29, 0.717) is 49.5 Å². The number of likely N-dealkylation sites (tertiary alicyclic amines) is 2. The van der Waals surface area contributed by atoms with Crippen molar-refractivity contribution in [1.29, 1.82) is 0 Å². The SMILES string of the molecule is Cn1nccc1CCC(=O)N1CC[C@H](Oc2cccc(Cl)c2)[C@@H](CC(=O)N2CCCCC2)C1. The molecule has 33 heavy (non-hydrogen) atoms. The van der Waals surface area contributed by atoms with Crippen molar-refractivity contribution in [2.75, 3.05) is 26.2 Å². The number of aromatic nitrogens is 2. The Kier molecular flexibility index (Phi) is 7.91. The molecule has 7 nitrogen and oxygen atoms in total. The molecule has 2 amide bonds. The zero-order chi connectivity index (χ0) is 23.2. The van der Waals surface area contributed by atoms with Gasteiger partial charge < -0.3 is 14.5 Å². The molecule has 2 fully saturated rings. The smallest absolute Gasteiger partial charge is 0.223 e. The summed E-state index contributed by atoms with van der Waals surface area (Å²) in [6, 6.07) is 9.31. The van der Waals surface area contributed by atoms with Gasteiger partial charge in [0.15, 0.2) is 0 Å². The van der Waals surface area contributed by atoms with E-state index in [1.165, 1.54) is 6.42 Å². The second-order valence-electron chi connectivity index (χ2n) is 9.09. The van der Waals surface area contributed by atoms with Crippen LogP contribution in [0.4, 0.5) is 0 Å². The molecule has 0 unspecified atom stereocenters. The largest absolute Gasteiger partial charge is 0.490 e. The van der Waals surface area contributed by atoms with Gasteiger partial charge in [0, 0.05) is 75.3 Å². The van der Waals surface area contributed by atoms with Crippen molar-refractivity contribution in [1.82, 2.24) is 19.6 Å². The predicted octanol–water partition coefficient (Wildman–Crippen LogP) is 3.70. The maximum Gasteiger partial charge on any atom is 0.223 e. The summed E-state index contributed by atoms with van der Waals surface area (Å²) in [6.07, 6.45) is 7.14. The van der Waals surface area contributed by atoms with Crippen LogP contribution >= 0.6 is 11.6 Å². The number of hydrogen-bond acceptors (Lipinski definition) is 4. The highest BCUT2D eigenvalue weighted by Gasteiger charge is 2.35. The minimum Gasteiger partial charge on any atom is -0.490 e. The van der Waals surface area contributed by atoms with Crippen molar-refractivity contribution in [3.63, 3.8) is 0 Å². The third kappa shape index (κ3) is 6.28.